The van der Waals surface area contributed by atoms with Gasteiger partial charge in [-0.1, -0.05) is 101 Å². The minimum absolute atomic E-state index is 0.0757. The molecule has 3 nitrogen and oxygen atoms in total. The fourth-order valence-electron chi connectivity index (χ4n) is 3.68. The highest BCUT2D eigenvalue weighted by molar-refractivity contribution is 7.14. The van der Waals surface area contributed by atoms with Crippen LogP contribution in [-0.2, 0) is 4.79 Å². The van der Waals surface area contributed by atoms with Gasteiger partial charge in [0.25, 0.3) is 0 Å². The number of thiazole rings is 1. The molecule has 0 aliphatic heterocycles. The molecule has 3 rings (SSSR count). The number of nitrogens with zero attached hydrogens (tertiary/aromatic N) is 1. The summed E-state index contributed by atoms with van der Waals surface area (Å²) in [7, 11) is 0. The van der Waals surface area contributed by atoms with Gasteiger partial charge in [0.2, 0.25) is 5.91 Å². The molecule has 0 bridgehead atoms. The predicted octanol–water partition coefficient (Wildman–Crippen LogP) is 7.82. The number of nitrogens with one attached hydrogen (secondary N) is 1. The molecule has 1 N–H and O–H groups in total. The van der Waals surface area contributed by atoms with E-state index in [4.69, 9.17) is 0 Å². The van der Waals surface area contributed by atoms with Crippen molar-refractivity contribution in [1.82, 2.24) is 4.98 Å². The zero-order chi connectivity index (χ0) is 20.3. The highest BCUT2D eigenvalue weighted by atomic mass is 32.1. The number of rotatable bonds is 12. The Hall–Kier alpha value is -2.20. The minimum Gasteiger partial charge on any atom is -0.302 e. The Labute approximate surface area is 178 Å². The minimum atomic E-state index is 0.0757. The fraction of sp³-hybridized carbons (Fsp3) is 0.440. The van der Waals surface area contributed by atoms with Crippen LogP contribution in [0.25, 0.3) is 22.0 Å². The van der Waals surface area contributed by atoms with Crippen LogP contribution in [-0.4, -0.2) is 10.9 Å². The van der Waals surface area contributed by atoms with E-state index < -0.39 is 0 Å². The summed E-state index contributed by atoms with van der Waals surface area (Å²) in [4.78, 5) is 16.9. The Morgan fingerprint density at radius 2 is 1.59 bits per heavy atom. The molecule has 0 saturated carbocycles. The lowest BCUT2D eigenvalue weighted by atomic mass is 10.0. The van der Waals surface area contributed by atoms with Gasteiger partial charge in [-0.25, -0.2) is 4.98 Å². The Bertz CT molecular complexity index is 897. The van der Waals surface area contributed by atoms with Crippen molar-refractivity contribution in [3.63, 3.8) is 0 Å². The van der Waals surface area contributed by atoms with E-state index in [2.05, 4.69) is 47.6 Å². The average Bonchev–Trinajstić information content (AvgIpc) is 3.20. The lowest BCUT2D eigenvalue weighted by molar-refractivity contribution is -0.116. The summed E-state index contributed by atoms with van der Waals surface area (Å²) in [5.41, 5.74) is 2.03. The van der Waals surface area contributed by atoms with Gasteiger partial charge in [0.05, 0.1) is 5.69 Å². The van der Waals surface area contributed by atoms with Gasteiger partial charge in [-0.3, -0.25) is 4.79 Å². The van der Waals surface area contributed by atoms with Gasteiger partial charge in [-0.15, -0.1) is 11.3 Å². The molecule has 0 aliphatic rings. The maximum Gasteiger partial charge on any atom is 0.226 e. The van der Waals surface area contributed by atoms with Gasteiger partial charge in [-0.05, 0) is 17.2 Å². The quantitative estimate of drug-likeness (QED) is 0.310. The van der Waals surface area contributed by atoms with Gasteiger partial charge < -0.3 is 5.32 Å². The summed E-state index contributed by atoms with van der Waals surface area (Å²) in [5, 5.41) is 8.08. The largest absolute Gasteiger partial charge is 0.302 e. The third-order valence-corrected chi connectivity index (χ3v) is 6.08. The molecular weight excluding hydrogens is 376 g/mol. The van der Waals surface area contributed by atoms with Crippen LogP contribution in [0.15, 0.2) is 47.8 Å². The first-order valence-corrected chi connectivity index (χ1v) is 11.9. The number of anilines is 1. The van der Waals surface area contributed by atoms with E-state index in [1.165, 1.54) is 67.1 Å². The maximum atomic E-state index is 12.2. The molecule has 0 unspecified atom stereocenters. The fourth-order valence-corrected chi connectivity index (χ4v) is 4.41. The number of amides is 1. The van der Waals surface area contributed by atoms with Crippen LogP contribution in [0.2, 0.25) is 0 Å². The zero-order valence-electron chi connectivity index (χ0n) is 17.5. The summed E-state index contributed by atoms with van der Waals surface area (Å²) in [5.74, 6) is 0.0757. The number of carbonyl (C=O) groups is 1. The first kappa shape index (κ1) is 21.5. The van der Waals surface area contributed by atoms with Crippen molar-refractivity contribution < 1.29 is 4.79 Å². The highest BCUT2D eigenvalue weighted by Gasteiger charge is 2.10. The molecule has 2 aromatic carbocycles. The smallest absolute Gasteiger partial charge is 0.226 e. The summed E-state index contributed by atoms with van der Waals surface area (Å²) >= 11 is 1.49. The maximum absolute atomic E-state index is 12.2. The average molecular weight is 409 g/mol. The number of benzene rings is 2. The molecule has 3 aromatic rings. The number of unbranched alkanes of at least 4 members (excludes halogenated alkanes) is 8. The van der Waals surface area contributed by atoms with Crippen LogP contribution in [0.3, 0.4) is 0 Å². The molecule has 0 saturated heterocycles. The Balaban J connectivity index is 1.41. The second-order valence-corrected chi connectivity index (χ2v) is 8.55. The monoisotopic (exact) mass is 408 g/mol. The molecular formula is C25H32N2OS. The van der Waals surface area contributed by atoms with Gasteiger partial charge in [0, 0.05) is 17.4 Å². The molecule has 29 heavy (non-hydrogen) atoms. The molecule has 1 heterocycles. The van der Waals surface area contributed by atoms with E-state index in [0.29, 0.717) is 11.6 Å². The van der Waals surface area contributed by atoms with Crippen LogP contribution in [0.1, 0.15) is 71.1 Å². The van der Waals surface area contributed by atoms with Crippen molar-refractivity contribution in [1.29, 1.82) is 0 Å². The summed E-state index contributed by atoms with van der Waals surface area (Å²) in [6, 6.07) is 14.6. The van der Waals surface area contributed by atoms with E-state index in [1.807, 2.05) is 17.5 Å². The SMILES string of the molecule is CCCCCCCCCCCC(=O)Nc1nc(-c2cccc3ccccc23)cs1. The van der Waals surface area contributed by atoms with E-state index >= 15 is 0 Å². The van der Waals surface area contributed by atoms with E-state index in [9.17, 15) is 4.79 Å². The van der Waals surface area contributed by atoms with Crippen molar-refractivity contribution in [2.75, 3.05) is 5.32 Å². The third kappa shape index (κ3) is 6.67. The van der Waals surface area contributed by atoms with Crippen LogP contribution in [0.4, 0.5) is 5.13 Å². The van der Waals surface area contributed by atoms with Crippen LogP contribution in [0.5, 0.6) is 0 Å². The number of carbonyl (C=O) groups excluding carboxylic acids is 1. The van der Waals surface area contributed by atoms with Crippen molar-refractivity contribution in [2.24, 2.45) is 0 Å². The molecule has 1 amide bonds. The highest BCUT2D eigenvalue weighted by Crippen LogP contribution is 2.31. The Morgan fingerprint density at radius 3 is 2.38 bits per heavy atom. The Kier molecular flexibility index (Phi) is 8.69. The van der Waals surface area contributed by atoms with Crippen molar-refractivity contribution in [3.8, 4) is 11.3 Å². The summed E-state index contributed by atoms with van der Waals surface area (Å²) in [6.07, 6.45) is 11.9. The molecule has 4 heteroatoms. The van der Waals surface area contributed by atoms with E-state index in [-0.39, 0.29) is 5.91 Å². The van der Waals surface area contributed by atoms with E-state index in [1.54, 1.807) is 0 Å². The molecule has 0 spiro atoms. The van der Waals surface area contributed by atoms with Gasteiger partial charge in [-0.2, -0.15) is 0 Å². The zero-order valence-corrected chi connectivity index (χ0v) is 18.3. The second-order valence-electron chi connectivity index (χ2n) is 7.69. The molecule has 0 fully saturated rings. The third-order valence-electron chi connectivity index (χ3n) is 5.32. The number of hydrogen-bond acceptors (Lipinski definition) is 3. The molecule has 0 atom stereocenters. The predicted molar refractivity (Wildman–Crippen MR) is 126 cm³/mol. The topological polar surface area (TPSA) is 42.0 Å². The molecule has 1 aromatic heterocycles. The van der Waals surface area contributed by atoms with Crippen molar-refractivity contribution in [2.45, 2.75) is 71.1 Å². The lowest BCUT2D eigenvalue weighted by Gasteiger charge is -2.04. The summed E-state index contributed by atoms with van der Waals surface area (Å²) < 4.78 is 0. The lowest BCUT2D eigenvalue weighted by Crippen LogP contribution is -2.10. The number of fused-ring (bicyclic) bond motifs is 1. The van der Waals surface area contributed by atoms with E-state index in [0.717, 1.165) is 24.1 Å². The van der Waals surface area contributed by atoms with Gasteiger partial charge in [0.15, 0.2) is 5.13 Å². The van der Waals surface area contributed by atoms with Crippen molar-refractivity contribution in [3.05, 3.63) is 47.8 Å². The number of hydrogen-bond donors (Lipinski definition) is 1. The first-order valence-electron chi connectivity index (χ1n) is 11.0. The first-order chi connectivity index (χ1) is 14.3. The van der Waals surface area contributed by atoms with Crippen LogP contribution in [0, 0.1) is 0 Å². The van der Waals surface area contributed by atoms with Gasteiger partial charge >= 0.3 is 0 Å². The van der Waals surface area contributed by atoms with Crippen LogP contribution >= 0.6 is 11.3 Å². The second kappa shape index (κ2) is 11.7. The van der Waals surface area contributed by atoms with Crippen molar-refractivity contribution >= 4 is 33.1 Å². The van der Waals surface area contributed by atoms with Gasteiger partial charge in [0.1, 0.15) is 0 Å². The standard InChI is InChI=1S/C25H32N2OS/c1-2-3-4-5-6-7-8-9-10-18-24(28)27-25-26-23(19-29-25)22-17-13-15-20-14-11-12-16-21(20)22/h11-17,19H,2-10,18H2,1H3,(H,26,27,28). The number of aromatic nitrogens is 1. The normalized spacial score (nSPS) is 11.1. The Morgan fingerprint density at radius 1 is 0.897 bits per heavy atom. The van der Waals surface area contributed by atoms with Crippen LogP contribution < -0.4 is 5.32 Å². The molecule has 0 radical (unpaired) electrons. The summed E-state index contributed by atoms with van der Waals surface area (Å²) in [6.45, 7) is 2.25. The molecule has 154 valence electrons. The molecule has 0 aliphatic carbocycles.